The molecule has 2 heterocycles. The number of hydrogen-bond acceptors (Lipinski definition) is 2. The van der Waals surface area contributed by atoms with Gasteiger partial charge < -0.3 is 0 Å². The maximum atomic E-state index is 4.97. The summed E-state index contributed by atoms with van der Waals surface area (Å²) in [6, 6.07) is 40.3. The minimum Gasteiger partial charge on any atom is -0.298 e. The van der Waals surface area contributed by atoms with Crippen LogP contribution in [0.3, 0.4) is 0 Å². The van der Waals surface area contributed by atoms with E-state index in [0.717, 1.165) is 22.6 Å². The molecule has 4 aromatic carbocycles. The average molecular weight is 429 g/mol. The number of fused-ring (bicyclic) bond motifs is 1. The van der Waals surface area contributed by atoms with Gasteiger partial charge in [-0.1, -0.05) is 103 Å². The molecule has 0 amide bonds. The lowest BCUT2D eigenvalue weighted by Crippen LogP contribution is -1.95. The quantitative estimate of drug-likeness (QED) is 0.277. The zero-order valence-electron chi connectivity index (χ0n) is 17.3. The van der Waals surface area contributed by atoms with Crippen LogP contribution in [0.5, 0.6) is 0 Å². The van der Waals surface area contributed by atoms with Crippen molar-refractivity contribution in [2.75, 3.05) is 0 Å². The van der Waals surface area contributed by atoms with E-state index in [1.54, 1.807) is 0 Å². The standard InChI is InChI=1S/C29H20N2S/c1-4-12-21(13-5-1)27-26(30-20-31(27)23-16-8-3-9-17-23)29-25-19-11-10-18-24(25)28(32-29)22-14-6-2-7-15-22/h1-20H. The maximum Gasteiger partial charge on any atom is 0.107 e. The van der Waals surface area contributed by atoms with Gasteiger partial charge in [0.15, 0.2) is 0 Å². The number of para-hydroxylation sites is 1. The van der Waals surface area contributed by atoms with E-state index >= 15 is 0 Å². The molecule has 32 heavy (non-hydrogen) atoms. The molecule has 152 valence electrons. The summed E-state index contributed by atoms with van der Waals surface area (Å²) in [6.07, 6.45) is 1.95. The first-order chi connectivity index (χ1) is 15.9. The summed E-state index contributed by atoms with van der Waals surface area (Å²) in [4.78, 5) is 7.45. The van der Waals surface area contributed by atoms with Crippen molar-refractivity contribution in [2.24, 2.45) is 0 Å². The van der Waals surface area contributed by atoms with E-state index in [1.165, 1.54) is 26.1 Å². The molecule has 0 radical (unpaired) electrons. The van der Waals surface area contributed by atoms with Crippen LogP contribution in [0.15, 0.2) is 122 Å². The molecule has 0 aliphatic heterocycles. The zero-order chi connectivity index (χ0) is 21.3. The van der Waals surface area contributed by atoms with Crippen LogP contribution in [0.2, 0.25) is 0 Å². The highest BCUT2D eigenvalue weighted by Crippen LogP contribution is 2.46. The molecule has 0 aliphatic rings. The van der Waals surface area contributed by atoms with Crippen molar-refractivity contribution in [2.45, 2.75) is 0 Å². The van der Waals surface area contributed by atoms with E-state index in [0.29, 0.717) is 0 Å². The highest BCUT2D eigenvalue weighted by molar-refractivity contribution is 7.21. The third kappa shape index (κ3) is 3.15. The van der Waals surface area contributed by atoms with Gasteiger partial charge in [0.25, 0.3) is 0 Å². The number of hydrogen-bond donors (Lipinski definition) is 0. The van der Waals surface area contributed by atoms with E-state index in [2.05, 4.69) is 114 Å². The van der Waals surface area contributed by atoms with Crippen molar-refractivity contribution in [1.29, 1.82) is 0 Å². The fourth-order valence-electron chi connectivity index (χ4n) is 4.24. The molecule has 2 aromatic heterocycles. The lowest BCUT2D eigenvalue weighted by atomic mass is 10.0. The molecule has 0 fully saturated rings. The van der Waals surface area contributed by atoms with Gasteiger partial charge >= 0.3 is 0 Å². The molecule has 0 N–H and O–H groups in total. The second kappa shape index (κ2) is 7.95. The van der Waals surface area contributed by atoms with Gasteiger partial charge in [0.2, 0.25) is 0 Å². The molecule has 6 aromatic rings. The van der Waals surface area contributed by atoms with Crippen LogP contribution in [0, 0.1) is 0 Å². The smallest absolute Gasteiger partial charge is 0.107 e. The molecule has 0 atom stereocenters. The van der Waals surface area contributed by atoms with Crippen molar-refractivity contribution in [3.8, 4) is 38.0 Å². The van der Waals surface area contributed by atoms with Gasteiger partial charge in [-0.3, -0.25) is 4.57 Å². The molecular formula is C29H20N2S. The van der Waals surface area contributed by atoms with Crippen LogP contribution < -0.4 is 0 Å². The Bertz CT molecular complexity index is 1500. The summed E-state index contributed by atoms with van der Waals surface area (Å²) in [6.45, 7) is 0. The van der Waals surface area contributed by atoms with Crippen LogP contribution in [0.25, 0.3) is 48.7 Å². The number of benzene rings is 4. The van der Waals surface area contributed by atoms with Gasteiger partial charge in [-0.15, -0.1) is 11.3 Å². The Hall–Kier alpha value is -3.95. The van der Waals surface area contributed by atoms with Crippen LogP contribution in [0.4, 0.5) is 0 Å². The fourth-order valence-corrected chi connectivity index (χ4v) is 5.52. The average Bonchev–Trinajstić information content (AvgIpc) is 3.48. The second-order valence-electron chi connectivity index (χ2n) is 7.69. The Morgan fingerprint density at radius 2 is 1.06 bits per heavy atom. The molecule has 3 heteroatoms. The Labute approximate surface area is 191 Å². The summed E-state index contributed by atoms with van der Waals surface area (Å²) >= 11 is 1.82. The van der Waals surface area contributed by atoms with Gasteiger partial charge in [-0.25, -0.2) is 4.98 Å². The normalized spacial score (nSPS) is 11.1. The molecule has 0 saturated carbocycles. The van der Waals surface area contributed by atoms with Gasteiger partial charge in [-0.2, -0.15) is 0 Å². The monoisotopic (exact) mass is 428 g/mol. The summed E-state index contributed by atoms with van der Waals surface area (Å²) in [5.74, 6) is 0. The van der Waals surface area contributed by atoms with Crippen LogP contribution >= 0.6 is 11.3 Å². The Morgan fingerprint density at radius 1 is 0.531 bits per heavy atom. The predicted molar refractivity (Wildman–Crippen MR) is 135 cm³/mol. The van der Waals surface area contributed by atoms with E-state index in [-0.39, 0.29) is 0 Å². The highest BCUT2D eigenvalue weighted by atomic mass is 32.1. The van der Waals surface area contributed by atoms with E-state index in [1.807, 2.05) is 23.7 Å². The molecule has 0 aliphatic carbocycles. The number of aromatic nitrogens is 2. The van der Waals surface area contributed by atoms with E-state index in [9.17, 15) is 0 Å². The molecule has 0 unspecified atom stereocenters. The Morgan fingerprint density at radius 3 is 1.72 bits per heavy atom. The third-order valence-corrected chi connectivity index (χ3v) is 7.00. The summed E-state index contributed by atoms with van der Waals surface area (Å²) in [5, 5.41) is 2.51. The minimum absolute atomic E-state index is 1.02. The van der Waals surface area contributed by atoms with Gasteiger partial charge in [0, 0.05) is 26.9 Å². The van der Waals surface area contributed by atoms with Gasteiger partial charge in [-0.05, 0) is 17.7 Å². The van der Waals surface area contributed by atoms with Crippen molar-refractivity contribution < 1.29 is 0 Å². The van der Waals surface area contributed by atoms with E-state index in [4.69, 9.17) is 4.98 Å². The Kier molecular flexibility index (Phi) is 4.67. The molecule has 0 spiro atoms. The van der Waals surface area contributed by atoms with Crippen LogP contribution in [-0.2, 0) is 0 Å². The van der Waals surface area contributed by atoms with Crippen LogP contribution in [-0.4, -0.2) is 9.55 Å². The lowest BCUT2D eigenvalue weighted by molar-refractivity contribution is 1.06. The maximum absolute atomic E-state index is 4.97. The lowest BCUT2D eigenvalue weighted by Gasteiger charge is -2.10. The summed E-state index contributed by atoms with van der Waals surface area (Å²) < 4.78 is 2.20. The fraction of sp³-hybridized carbons (Fsp3) is 0. The third-order valence-electron chi connectivity index (χ3n) is 5.72. The predicted octanol–water partition coefficient (Wildman–Crippen LogP) is 8.09. The first-order valence-corrected chi connectivity index (χ1v) is 11.5. The Balaban J connectivity index is 1.65. The van der Waals surface area contributed by atoms with Crippen molar-refractivity contribution >= 4 is 22.1 Å². The molecule has 0 bridgehead atoms. The first kappa shape index (κ1) is 18.8. The molecule has 2 nitrogen and oxygen atoms in total. The van der Waals surface area contributed by atoms with Gasteiger partial charge in [0.1, 0.15) is 12.0 Å². The second-order valence-corrected chi connectivity index (χ2v) is 8.71. The number of imidazole rings is 1. The molecular weight excluding hydrogens is 408 g/mol. The van der Waals surface area contributed by atoms with Crippen molar-refractivity contribution in [3.63, 3.8) is 0 Å². The summed E-state index contributed by atoms with van der Waals surface area (Å²) in [5.41, 5.74) is 5.63. The number of nitrogens with zero attached hydrogens (tertiary/aromatic N) is 2. The minimum atomic E-state index is 1.02. The number of thiophene rings is 1. The molecule has 0 saturated heterocycles. The number of rotatable bonds is 4. The first-order valence-electron chi connectivity index (χ1n) is 10.7. The molecule has 6 rings (SSSR count). The highest BCUT2D eigenvalue weighted by Gasteiger charge is 2.21. The van der Waals surface area contributed by atoms with E-state index < -0.39 is 0 Å². The van der Waals surface area contributed by atoms with Gasteiger partial charge in [0.05, 0.1) is 10.6 Å². The summed E-state index contributed by atoms with van der Waals surface area (Å²) in [7, 11) is 0. The zero-order valence-corrected chi connectivity index (χ0v) is 18.2. The topological polar surface area (TPSA) is 17.8 Å². The SMILES string of the molecule is c1ccc(-c2sc(-c3ncn(-c4ccccc4)c3-c3ccccc3)c3ccccc23)cc1. The van der Waals surface area contributed by atoms with Crippen molar-refractivity contribution in [3.05, 3.63) is 122 Å². The van der Waals surface area contributed by atoms with Crippen molar-refractivity contribution in [1.82, 2.24) is 9.55 Å². The largest absolute Gasteiger partial charge is 0.298 e. The van der Waals surface area contributed by atoms with Crippen LogP contribution in [0.1, 0.15) is 0 Å².